The molecule has 0 bridgehead atoms. The Bertz CT molecular complexity index is 912. The molecule has 26 heavy (non-hydrogen) atoms. The highest BCUT2D eigenvalue weighted by Crippen LogP contribution is 2.41. The molecule has 0 saturated carbocycles. The number of carbonyl (C=O) groups excluding carboxylic acids is 1. The molecule has 0 radical (unpaired) electrons. The van der Waals surface area contributed by atoms with Gasteiger partial charge in [-0.15, -0.1) is 0 Å². The number of hydrogen-bond donors (Lipinski definition) is 2. The van der Waals surface area contributed by atoms with Crippen molar-refractivity contribution in [1.82, 2.24) is 0 Å². The molecule has 0 aliphatic carbocycles. The van der Waals surface area contributed by atoms with Crippen molar-refractivity contribution in [3.8, 4) is 11.1 Å². The number of nitrogens with two attached hydrogens (primary N) is 1. The Kier molecular flexibility index (Phi) is 4.94. The Hall–Kier alpha value is -2.88. The van der Waals surface area contributed by atoms with Gasteiger partial charge in [-0.1, -0.05) is 38.6 Å². The first-order valence-electron chi connectivity index (χ1n) is 8.98. The lowest BCUT2D eigenvalue weighted by molar-refractivity contribution is 0.100. The number of carbonyl (C=O) groups is 1. The molecule has 134 valence electrons. The fourth-order valence-corrected chi connectivity index (χ4v) is 3.62. The van der Waals surface area contributed by atoms with Crippen molar-refractivity contribution in [3.63, 3.8) is 0 Å². The predicted molar refractivity (Wildman–Crippen MR) is 110 cm³/mol. The number of amides is 1. The standard InChI is InChI=1S/C22H25N3O/c1-5-13(3)19-17(16-8-7-15-9-10-25-18(15)12-16)11-14(4)20(22(23)26)21(19)24-6-2/h6-8,10-13,24H,2,5,9H2,1,3-4H3,(H2,23,26). The van der Waals surface area contributed by atoms with E-state index in [2.05, 4.69) is 55.0 Å². The summed E-state index contributed by atoms with van der Waals surface area (Å²) in [6.45, 7) is 10.0. The van der Waals surface area contributed by atoms with E-state index in [0.29, 0.717) is 5.56 Å². The molecule has 3 rings (SSSR count). The summed E-state index contributed by atoms with van der Waals surface area (Å²) in [6.07, 6.45) is 5.37. The third-order valence-corrected chi connectivity index (χ3v) is 5.10. The number of primary amides is 1. The minimum absolute atomic E-state index is 0.253. The van der Waals surface area contributed by atoms with Gasteiger partial charge >= 0.3 is 0 Å². The van der Waals surface area contributed by atoms with Crippen LogP contribution < -0.4 is 11.1 Å². The molecule has 4 heteroatoms. The number of aryl methyl sites for hydroxylation is 1. The van der Waals surface area contributed by atoms with E-state index in [1.165, 1.54) is 5.56 Å². The second-order valence-electron chi connectivity index (χ2n) is 6.79. The van der Waals surface area contributed by atoms with Crippen LogP contribution in [-0.2, 0) is 6.42 Å². The molecule has 0 fully saturated rings. The number of nitrogens with zero attached hydrogens (tertiary/aromatic N) is 1. The van der Waals surface area contributed by atoms with E-state index in [1.807, 2.05) is 13.1 Å². The van der Waals surface area contributed by atoms with Crippen LogP contribution >= 0.6 is 0 Å². The average molecular weight is 347 g/mol. The lowest BCUT2D eigenvalue weighted by atomic mass is 9.84. The molecule has 0 saturated heterocycles. The number of rotatable bonds is 6. The smallest absolute Gasteiger partial charge is 0.251 e. The minimum atomic E-state index is -0.429. The molecule has 3 N–H and O–H groups in total. The summed E-state index contributed by atoms with van der Waals surface area (Å²) in [7, 11) is 0. The topological polar surface area (TPSA) is 67.5 Å². The normalized spacial score (nSPS) is 13.3. The SMILES string of the molecule is C=CNc1c(C(N)=O)c(C)cc(-c2ccc3c(c2)N=CC3)c1C(C)CC. The maximum Gasteiger partial charge on any atom is 0.251 e. The molecule has 1 aliphatic rings. The Morgan fingerprint density at radius 2 is 2.19 bits per heavy atom. The van der Waals surface area contributed by atoms with Crippen molar-refractivity contribution in [1.29, 1.82) is 0 Å². The van der Waals surface area contributed by atoms with E-state index >= 15 is 0 Å². The highest BCUT2D eigenvalue weighted by atomic mass is 16.1. The van der Waals surface area contributed by atoms with E-state index in [-0.39, 0.29) is 5.92 Å². The Balaban J connectivity index is 2.32. The number of hydrogen-bond acceptors (Lipinski definition) is 3. The van der Waals surface area contributed by atoms with Gasteiger partial charge in [0.2, 0.25) is 0 Å². The van der Waals surface area contributed by atoms with Gasteiger partial charge in [-0.25, -0.2) is 0 Å². The van der Waals surface area contributed by atoms with Crippen molar-refractivity contribution in [3.05, 3.63) is 59.3 Å². The zero-order valence-electron chi connectivity index (χ0n) is 15.6. The van der Waals surface area contributed by atoms with E-state index in [4.69, 9.17) is 5.73 Å². The summed E-state index contributed by atoms with van der Waals surface area (Å²) < 4.78 is 0. The summed E-state index contributed by atoms with van der Waals surface area (Å²) in [4.78, 5) is 16.6. The van der Waals surface area contributed by atoms with Crippen LogP contribution in [0.15, 0.2) is 42.0 Å². The van der Waals surface area contributed by atoms with Crippen molar-refractivity contribution < 1.29 is 4.79 Å². The fraction of sp³-hybridized carbons (Fsp3) is 0.273. The van der Waals surface area contributed by atoms with Crippen LogP contribution in [0.3, 0.4) is 0 Å². The van der Waals surface area contributed by atoms with Gasteiger partial charge in [-0.2, -0.15) is 0 Å². The summed E-state index contributed by atoms with van der Waals surface area (Å²) in [6, 6.07) is 8.46. The first-order valence-corrected chi connectivity index (χ1v) is 8.98. The van der Waals surface area contributed by atoms with E-state index in [1.54, 1.807) is 6.20 Å². The first kappa shape index (κ1) is 17.9. The average Bonchev–Trinajstić information content (AvgIpc) is 3.08. The summed E-state index contributed by atoms with van der Waals surface area (Å²) in [5.41, 5.74) is 13.4. The zero-order chi connectivity index (χ0) is 18.8. The van der Waals surface area contributed by atoms with Crippen LogP contribution in [0.4, 0.5) is 11.4 Å². The van der Waals surface area contributed by atoms with Crippen LogP contribution in [-0.4, -0.2) is 12.1 Å². The molecule has 1 aliphatic heterocycles. The van der Waals surface area contributed by atoms with Crippen molar-refractivity contribution in [2.24, 2.45) is 10.7 Å². The van der Waals surface area contributed by atoms with Gasteiger partial charge in [0.05, 0.1) is 16.9 Å². The maximum absolute atomic E-state index is 12.1. The van der Waals surface area contributed by atoms with Gasteiger partial charge in [0, 0.05) is 12.6 Å². The molecule has 1 heterocycles. The van der Waals surface area contributed by atoms with E-state index in [9.17, 15) is 4.79 Å². The third-order valence-electron chi connectivity index (χ3n) is 5.10. The Morgan fingerprint density at radius 3 is 2.85 bits per heavy atom. The predicted octanol–water partition coefficient (Wildman–Crippen LogP) is 5.09. The number of benzene rings is 2. The minimum Gasteiger partial charge on any atom is -0.366 e. The molecular weight excluding hydrogens is 322 g/mol. The lowest BCUT2D eigenvalue weighted by Gasteiger charge is -2.24. The van der Waals surface area contributed by atoms with Gasteiger partial charge in [0.15, 0.2) is 0 Å². The van der Waals surface area contributed by atoms with Gasteiger partial charge < -0.3 is 11.1 Å². The van der Waals surface area contributed by atoms with Crippen LogP contribution in [0.25, 0.3) is 11.1 Å². The van der Waals surface area contributed by atoms with Crippen LogP contribution in [0.2, 0.25) is 0 Å². The van der Waals surface area contributed by atoms with Crippen LogP contribution in [0.5, 0.6) is 0 Å². The largest absolute Gasteiger partial charge is 0.366 e. The molecule has 4 nitrogen and oxygen atoms in total. The second kappa shape index (κ2) is 7.16. The van der Waals surface area contributed by atoms with Crippen LogP contribution in [0, 0.1) is 6.92 Å². The van der Waals surface area contributed by atoms with Gasteiger partial charge in [-0.05, 0) is 59.3 Å². The second-order valence-corrected chi connectivity index (χ2v) is 6.79. The molecule has 2 aromatic carbocycles. The first-order chi connectivity index (χ1) is 12.5. The molecule has 1 amide bonds. The Morgan fingerprint density at radius 1 is 1.42 bits per heavy atom. The van der Waals surface area contributed by atoms with Crippen molar-refractivity contribution >= 4 is 23.5 Å². The van der Waals surface area contributed by atoms with Gasteiger partial charge in [0.25, 0.3) is 5.91 Å². The molecular formula is C22H25N3O. The summed E-state index contributed by atoms with van der Waals surface area (Å²) in [5.74, 6) is -0.176. The highest BCUT2D eigenvalue weighted by Gasteiger charge is 2.23. The van der Waals surface area contributed by atoms with Gasteiger partial charge in [0.1, 0.15) is 0 Å². The number of nitrogens with one attached hydrogen (secondary N) is 1. The fourth-order valence-electron chi connectivity index (χ4n) is 3.62. The molecule has 0 aromatic heterocycles. The maximum atomic E-state index is 12.1. The molecule has 0 spiro atoms. The zero-order valence-corrected chi connectivity index (χ0v) is 15.6. The summed E-state index contributed by atoms with van der Waals surface area (Å²) >= 11 is 0. The molecule has 2 aromatic rings. The van der Waals surface area contributed by atoms with Gasteiger partial charge in [-0.3, -0.25) is 9.79 Å². The molecule has 1 atom stereocenters. The van der Waals surface area contributed by atoms with Crippen molar-refractivity contribution in [2.75, 3.05) is 5.32 Å². The number of fused-ring (bicyclic) bond motifs is 1. The monoisotopic (exact) mass is 347 g/mol. The lowest BCUT2D eigenvalue weighted by Crippen LogP contribution is -2.17. The van der Waals surface area contributed by atoms with E-state index in [0.717, 1.165) is 46.5 Å². The Labute approximate surface area is 154 Å². The quantitative estimate of drug-likeness (QED) is 0.764. The number of anilines is 1. The molecule has 1 unspecified atom stereocenters. The van der Waals surface area contributed by atoms with Crippen LogP contribution in [0.1, 0.15) is 53.2 Å². The summed E-state index contributed by atoms with van der Waals surface area (Å²) in [5, 5.41) is 3.18. The number of aliphatic imine (C=N–C) groups is 1. The third kappa shape index (κ3) is 3.03. The highest BCUT2D eigenvalue weighted by molar-refractivity contribution is 6.02. The van der Waals surface area contributed by atoms with E-state index < -0.39 is 5.91 Å². The van der Waals surface area contributed by atoms with Crippen molar-refractivity contribution in [2.45, 2.75) is 39.5 Å².